The minimum Gasteiger partial charge on any atom is -0.454 e. The van der Waals surface area contributed by atoms with Gasteiger partial charge in [-0.1, -0.05) is 18.1 Å². The summed E-state index contributed by atoms with van der Waals surface area (Å²) >= 11 is 0. The van der Waals surface area contributed by atoms with Crippen LogP contribution in [-0.2, 0) is 0 Å². The van der Waals surface area contributed by atoms with E-state index < -0.39 is 11.6 Å². The van der Waals surface area contributed by atoms with Gasteiger partial charge in [-0.25, -0.2) is 10.0 Å². The average molecular weight is 408 g/mol. The predicted octanol–water partition coefficient (Wildman–Crippen LogP) is 3.01. The second kappa shape index (κ2) is 8.09. The number of amides is 2. The van der Waals surface area contributed by atoms with Crippen LogP contribution in [0.25, 0.3) is 0 Å². The van der Waals surface area contributed by atoms with E-state index in [0.717, 1.165) is 0 Å². The smallest absolute Gasteiger partial charge is 0.273 e. The van der Waals surface area contributed by atoms with Gasteiger partial charge in [0.15, 0.2) is 11.5 Å². The maximum absolute atomic E-state index is 13.3. The molecule has 0 spiro atoms. The van der Waals surface area contributed by atoms with Crippen LogP contribution in [0.1, 0.15) is 53.2 Å². The van der Waals surface area contributed by atoms with Gasteiger partial charge < -0.3 is 14.6 Å². The first-order valence-electron chi connectivity index (χ1n) is 9.40. The first kappa shape index (κ1) is 21.2. The Morgan fingerprint density at radius 2 is 1.63 bits per heavy atom. The van der Waals surface area contributed by atoms with Gasteiger partial charge in [-0.2, -0.15) is 0 Å². The lowest BCUT2D eigenvalue weighted by molar-refractivity contribution is -0.0308. The number of ether oxygens (including phenoxy) is 2. The van der Waals surface area contributed by atoms with Crippen molar-refractivity contribution in [2.75, 3.05) is 13.8 Å². The fourth-order valence-electron chi connectivity index (χ4n) is 3.22. The zero-order valence-electron chi connectivity index (χ0n) is 17.4. The van der Waals surface area contributed by atoms with Crippen molar-refractivity contribution in [1.29, 1.82) is 0 Å². The Morgan fingerprint density at radius 3 is 2.23 bits per heavy atom. The Bertz CT molecular complexity index is 1000. The molecule has 1 heterocycles. The monoisotopic (exact) mass is 408 g/mol. The fourth-order valence-corrected chi connectivity index (χ4v) is 3.22. The Balaban J connectivity index is 1.89. The summed E-state index contributed by atoms with van der Waals surface area (Å²) in [4.78, 5) is 26.4. The van der Waals surface area contributed by atoms with Crippen LogP contribution in [0.4, 0.5) is 0 Å². The molecule has 7 heteroatoms. The average Bonchev–Trinajstić information content (AvgIpc) is 3.19. The minimum absolute atomic E-state index is 0.110. The number of terminal acetylenes is 1. The summed E-state index contributed by atoms with van der Waals surface area (Å²) in [7, 11) is 1.54. The van der Waals surface area contributed by atoms with Crippen LogP contribution >= 0.6 is 0 Å². The molecule has 1 aliphatic rings. The second-order valence-corrected chi connectivity index (χ2v) is 7.88. The third-order valence-corrected chi connectivity index (χ3v) is 4.67. The molecule has 0 bridgehead atoms. The molecule has 0 saturated carbocycles. The molecule has 156 valence electrons. The molecule has 3 rings (SSSR count). The number of hydrazine groups is 1. The Hall–Kier alpha value is -3.50. The van der Waals surface area contributed by atoms with Crippen molar-refractivity contribution in [3.63, 3.8) is 0 Å². The lowest BCUT2D eigenvalue weighted by Gasteiger charge is -2.41. The molecule has 0 radical (unpaired) electrons. The molecule has 0 saturated heterocycles. The summed E-state index contributed by atoms with van der Waals surface area (Å²) in [6.07, 6.45) is 4.19. The van der Waals surface area contributed by atoms with Crippen molar-refractivity contribution < 1.29 is 24.2 Å². The zero-order valence-corrected chi connectivity index (χ0v) is 17.4. The largest absolute Gasteiger partial charge is 0.454 e. The van der Waals surface area contributed by atoms with Crippen molar-refractivity contribution in [3.05, 3.63) is 59.2 Å². The highest BCUT2D eigenvalue weighted by Crippen LogP contribution is 2.33. The maximum atomic E-state index is 13.3. The van der Waals surface area contributed by atoms with Gasteiger partial charge in [0, 0.05) is 18.2 Å². The molecule has 30 heavy (non-hydrogen) atoms. The summed E-state index contributed by atoms with van der Waals surface area (Å²) in [6.45, 7) is 5.63. The summed E-state index contributed by atoms with van der Waals surface area (Å²) in [5, 5.41) is 12.4. The van der Waals surface area contributed by atoms with Crippen molar-refractivity contribution in [2.24, 2.45) is 0 Å². The standard InChI is InChI=1S/C23H24N2O5/c1-6-18(26)15-7-9-16(10-8-15)21(27)24(5)25(23(2,3)4)22(28)17-11-12-19-20(13-17)30-14-29-19/h1,7-13,18,26H,14H2,2-5H3. The zero-order chi connectivity index (χ0) is 22.1. The topological polar surface area (TPSA) is 79.3 Å². The van der Waals surface area contributed by atoms with Gasteiger partial charge in [-0.15, -0.1) is 6.42 Å². The SMILES string of the molecule is C#CC(O)c1ccc(C(=O)N(C)N(C(=O)c2ccc3c(c2)OCO3)C(C)(C)C)cc1. The van der Waals surface area contributed by atoms with E-state index in [0.29, 0.717) is 28.2 Å². The summed E-state index contributed by atoms with van der Waals surface area (Å²) in [5.74, 6) is 2.57. The highest BCUT2D eigenvalue weighted by molar-refractivity contribution is 5.99. The number of carbonyl (C=O) groups is 2. The van der Waals surface area contributed by atoms with Crippen LogP contribution in [0.2, 0.25) is 0 Å². The third kappa shape index (κ3) is 4.09. The van der Waals surface area contributed by atoms with E-state index in [1.54, 1.807) is 49.5 Å². The molecule has 1 atom stereocenters. The van der Waals surface area contributed by atoms with Crippen LogP contribution in [0.5, 0.6) is 11.5 Å². The summed E-state index contributed by atoms with van der Waals surface area (Å²) in [5.41, 5.74) is 0.567. The van der Waals surface area contributed by atoms with Gasteiger partial charge in [0.2, 0.25) is 6.79 Å². The van der Waals surface area contributed by atoms with E-state index in [-0.39, 0.29) is 18.6 Å². The first-order chi connectivity index (χ1) is 14.1. The number of aliphatic hydroxyl groups excluding tert-OH is 1. The van der Waals surface area contributed by atoms with Crippen LogP contribution in [0.3, 0.4) is 0 Å². The molecule has 2 aromatic rings. The quantitative estimate of drug-likeness (QED) is 0.624. The maximum Gasteiger partial charge on any atom is 0.273 e. The molecular weight excluding hydrogens is 384 g/mol. The number of benzene rings is 2. The Labute approximate surface area is 175 Å². The lowest BCUT2D eigenvalue weighted by Crippen LogP contribution is -2.56. The molecule has 0 aromatic heterocycles. The van der Waals surface area contributed by atoms with E-state index in [1.807, 2.05) is 20.8 Å². The number of rotatable bonds is 3. The normalized spacial score (nSPS) is 13.3. The second-order valence-electron chi connectivity index (χ2n) is 7.88. The first-order valence-corrected chi connectivity index (χ1v) is 9.40. The van der Waals surface area contributed by atoms with Gasteiger partial charge in [0.1, 0.15) is 6.10 Å². The molecule has 2 aromatic carbocycles. The number of aliphatic hydroxyl groups is 1. The summed E-state index contributed by atoms with van der Waals surface area (Å²) in [6, 6.07) is 11.2. The number of carbonyl (C=O) groups excluding carboxylic acids is 2. The van der Waals surface area contributed by atoms with E-state index in [9.17, 15) is 14.7 Å². The predicted molar refractivity (Wildman–Crippen MR) is 111 cm³/mol. The van der Waals surface area contributed by atoms with Crippen molar-refractivity contribution in [3.8, 4) is 23.8 Å². The number of fused-ring (bicyclic) bond motifs is 1. The molecule has 7 nitrogen and oxygen atoms in total. The van der Waals surface area contributed by atoms with E-state index in [2.05, 4.69) is 5.92 Å². The lowest BCUT2D eigenvalue weighted by atomic mass is 10.0. The van der Waals surface area contributed by atoms with Crippen LogP contribution in [0.15, 0.2) is 42.5 Å². The number of hydrogen-bond donors (Lipinski definition) is 1. The highest BCUT2D eigenvalue weighted by Gasteiger charge is 2.34. The van der Waals surface area contributed by atoms with Gasteiger partial charge in [0.25, 0.3) is 11.8 Å². The molecule has 1 unspecified atom stereocenters. The Morgan fingerprint density at radius 1 is 1.03 bits per heavy atom. The third-order valence-electron chi connectivity index (χ3n) is 4.67. The van der Waals surface area contributed by atoms with Gasteiger partial charge >= 0.3 is 0 Å². The van der Waals surface area contributed by atoms with E-state index in [1.165, 1.54) is 10.0 Å². The van der Waals surface area contributed by atoms with Crippen LogP contribution in [0, 0.1) is 12.3 Å². The molecule has 2 amide bonds. The fraction of sp³-hybridized carbons (Fsp3) is 0.304. The van der Waals surface area contributed by atoms with Crippen LogP contribution in [-0.4, -0.2) is 46.3 Å². The number of hydrogen-bond acceptors (Lipinski definition) is 5. The van der Waals surface area contributed by atoms with E-state index >= 15 is 0 Å². The minimum atomic E-state index is -1.04. The molecule has 0 aliphatic carbocycles. The van der Waals surface area contributed by atoms with Crippen molar-refractivity contribution in [2.45, 2.75) is 32.4 Å². The van der Waals surface area contributed by atoms with Gasteiger partial charge in [0.05, 0.1) is 5.54 Å². The molecule has 0 fully saturated rings. The van der Waals surface area contributed by atoms with E-state index in [4.69, 9.17) is 15.9 Å². The van der Waals surface area contributed by atoms with Crippen molar-refractivity contribution >= 4 is 11.8 Å². The van der Waals surface area contributed by atoms with Crippen molar-refractivity contribution in [1.82, 2.24) is 10.0 Å². The van der Waals surface area contributed by atoms with Gasteiger partial charge in [-0.3, -0.25) is 9.59 Å². The van der Waals surface area contributed by atoms with Gasteiger partial charge in [-0.05, 0) is 56.7 Å². The summed E-state index contributed by atoms with van der Waals surface area (Å²) < 4.78 is 10.7. The Kier molecular flexibility index (Phi) is 5.72. The molecule has 1 N–H and O–H groups in total. The number of nitrogens with zero attached hydrogens (tertiary/aromatic N) is 2. The van der Waals surface area contributed by atoms with Crippen LogP contribution < -0.4 is 9.47 Å². The highest BCUT2D eigenvalue weighted by atomic mass is 16.7. The molecule has 1 aliphatic heterocycles. The molecular formula is C23H24N2O5.